The Hall–Kier alpha value is -1.00. The third-order valence-electron chi connectivity index (χ3n) is 0.931. The lowest BCUT2D eigenvalue weighted by molar-refractivity contribution is 1.50. The van der Waals surface area contributed by atoms with Crippen LogP contribution in [-0.2, 0) is 0 Å². The summed E-state index contributed by atoms with van der Waals surface area (Å²) in [5.41, 5.74) is 4.10. The average molecular weight is 150 g/mol. The summed E-state index contributed by atoms with van der Waals surface area (Å²) in [5, 5.41) is 0. The van der Waals surface area contributed by atoms with Crippen LogP contribution in [0.1, 0.15) is 27.7 Å². The van der Waals surface area contributed by atoms with E-state index in [1.165, 1.54) is 0 Å². The maximum atomic E-state index is 3.61. The number of hydrogen-bond donors (Lipinski definition) is 0. The van der Waals surface area contributed by atoms with Crippen LogP contribution in [0.5, 0.6) is 0 Å². The van der Waals surface area contributed by atoms with Crippen molar-refractivity contribution in [3.05, 3.63) is 42.2 Å². The molecule has 0 aliphatic heterocycles. The highest BCUT2D eigenvalue weighted by atomic mass is 13.8. The molecule has 0 saturated heterocycles. The van der Waals surface area contributed by atoms with E-state index in [9.17, 15) is 0 Å². The third-order valence-corrected chi connectivity index (χ3v) is 0.931. The SMILES string of the molecule is C=C/C(C)=C\C=C=CC.CC. The minimum absolute atomic E-state index is 1.16. The molecular weight excluding hydrogens is 132 g/mol. The number of rotatable bonds is 2. The summed E-state index contributed by atoms with van der Waals surface area (Å²) >= 11 is 0. The molecule has 62 valence electrons. The van der Waals surface area contributed by atoms with Gasteiger partial charge in [-0.25, -0.2) is 0 Å². The Kier molecular flexibility index (Phi) is 13.5. The molecule has 0 atom stereocenters. The average Bonchev–Trinajstić information content (AvgIpc) is 2.08. The largest absolute Gasteiger partial charge is 0.125 e. The Morgan fingerprint density at radius 2 is 1.91 bits per heavy atom. The van der Waals surface area contributed by atoms with Gasteiger partial charge in [-0.15, -0.1) is 5.73 Å². The minimum Gasteiger partial charge on any atom is -0.125 e. The Bertz CT molecular complexity index is 164. The van der Waals surface area contributed by atoms with Gasteiger partial charge in [-0.1, -0.05) is 38.2 Å². The van der Waals surface area contributed by atoms with Crippen molar-refractivity contribution in [3.63, 3.8) is 0 Å². The van der Waals surface area contributed by atoms with Crippen molar-refractivity contribution < 1.29 is 0 Å². The summed E-state index contributed by atoms with van der Waals surface area (Å²) in [7, 11) is 0. The highest BCUT2D eigenvalue weighted by Crippen LogP contribution is 1.91. The Labute approximate surface area is 70.6 Å². The van der Waals surface area contributed by atoms with Crippen LogP contribution in [0.4, 0.5) is 0 Å². The first-order valence-electron chi connectivity index (χ1n) is 3.97. The molecule has 0 amide bonds. The molecular formula is C11H18. The van der Waals surface area contributed by atoms with E-state index in [2.05, 4.69) is 12.3 Å². The molecule has 0 fully saturated rings. The quantitative estimate of drug-likeness (QED) is 0.414. The van der Waals surface area contributed by atoms with E-state index in [0.717, 1.165) is 5.57 Å². The zero-order valence-electron chi connectivity index (χ0n) is 8.02. The van der Waals surface area contributed by atoms with Crippen molar-refractivity contribution in [1.29, 1.82) is 0 Å². The topological polar surface area (TPSA) is 0 Å². The maximum Gasteiger partial charge on any atom is -0.0201 e. The van der Waals surface area contributed by atoms with Gasteiger partial charge >= 0.3 is 0 Å². The van der Waals surface area contributed by atoms with Crippen LogP contribution < -0.4 is 0 Å². The van der Waals surface area contributed by atoms with E-state index in [0.29, 0.717) is 0 Å². The van der Waals surface area contributed by atoms with Gasteiger partial charge in [0.05, 0.1) is 0 Å². The highest BCUT2D eigenvalue weighted by molar-refractivity contribution is 5.19. The first-order valence-corrected chi connectivity index (χ1v) is 3.97. The zero-order chi connectivity index (χ0) is 9.11. The molecule has 0 bridgehead atoms. The first kappa shape index (κ1) is 12.7. The van der Waals surface area contributed by atoms with Crippen molar-refractivity contribution in [2.24, 2.45) is 0 Å². The lowest BCUT2D eigenvalue weighted by Gasteiger charge is -1.80. The van der Waals surface area contributed by atoms with Crippen LogP contribution in [0.2, 0.25) is 0 Å². The molecule has 0 heterocycles. The van der Waals surface area contributed by atoms with Crippen LogP contribution in [0.25, 0.3) is 0 Å². The summed E-state index contributed by atoms with van der Waals surface area (Å²) in [5.74, 6) is 0. The van der Waals surface area contributed by atoms with Crippen molar-refractivity contribution in [2.75, 3.05) is 0 Å². The lowest BCUT2D eigenvalue weighted by atomic mass is 10.3. The van der Waals surface area contributed by atoms with Crippen molar-refractivity contribution in [1.82, 2.24) is 0 Å². The van der Waals surface area contributed by atoms with Crippen molar-refractivity contribution >= 4 is 0 Å². The Morgan fingerprint density at radius 3 is 2.27 bits per heavy atom. The van der Waals surface area contributed by atoms with Gasteiger partial charge in [0.2, 0.25) is 0 Å². The van der Waals surface area contributed by atoms with E-state index in [4.69, 9.17) is 0 Å². The molecule has 0 aromatic heterocycles. The van der Waals surface area contributed by atoms with E-state index in [1.807, 2.05) is 52.0 Å². The smallest absolute Gasteiger partial charge is 0.0201 e. The van der Waals surface area contributed by atoms with Crippen LogP contribution >= 0.6 is 0 Å². The molecule has 0 heteroatoms. The molecule has 0 unspecified atom stereocenters. The predicted molar refractivity (Wildman–Crippen MR) is 53.6 cm³/mol. The van der Waals surface area contributed by atoms with E-state index < -0.39 is 0 Å². The second-order valence-corrected chi connectivity index (χ2v) is 1.74. The summed E-state index contributed by atoms with van der Waals surface area (Å²) < 4.78 is 0. The van der Waals surface area contributed by atoms with E-state index in [-0.39, 0.29) is 0 Å². The fourth-order valence-corrected chi connectivity index (χ4v) is 0.344. The first-order chi connectivity index (χ1) is 5.31. The van der Waals surface area contributed by atoms with Crippen molar-refractivity contribution in [2.45, 2.75) is 27.7 Å². The maximum absolute atomic E-state index is 3.61. The number of hydrogen-bond acceptors (Lipinski definition) is 0. The fourth-order valence-electron chi connectivity index (χ4n) is 0.344. The monoisotopic (exact) mass is 150 g/mol. The van der Waals surface area contributed by atoms with Gasteiger partial charge in [0.15, 0.2) is 0 Å². The molecule has 0 spiro atoms. The van der Waals surface area contributed by atoms with E-state index in [1.54, 1.807) is 0 Å². The van der Waals surface area contributed by atoms with E-state index >= 15 is 0 Å². The predicted octanol–water partition coefficient (Wildman–Crippen LogP) is 3.88. The standard InChI is InChI=1S/C9H12.C2H6/c1-4-6-7-8-9(3)5-2;1-2/h4-5,7-8H,2H2,1,3H3;1-2H3/b9-8-;. The summed E-state index contributed by atoms with van der Waals surface area (Å²) in [6.45, 7) is 11.6. The van der Waals surface area contributed by atoms with Gasteiger partial charge in [0, 0.05) is 0 Å². The fraction of sp³-hybridized carbons (Fsp3) is 0.364. The Balaban J connectivity index is 0. The number of allylic oxidation sites excluding steroid dienone is 4. The zero-order valence-corrected chi connectivity index (χ0v) is 8.02. The molecule has 0 aromatic rings. The lowest BCUT2D eigenvalue weighted by Crippen LogP contribution is -1.59. The molecule has 0 aromatic carbocycles. The molecule has 0 N–H and O–H groups in total. The second-order valence-electron chi connectivity index (χ2n) is 1.74. The summed E-state index contributed by atoms with van der Waals surface area (Å²) in [4.78, 5) is 0. The minimum atomic E-state index is 1.16. The van der Waals surface area contributed by atoms with Gasteiger partial charge in [-0.05, 0) is 26.0 Å². The summed E-state index contributed by atoms with van der Waals surface area (Å²) in [6.07, 6.45) is 7.52. The molecule has 0 nitrogen and oxygen atoms in total. The van der Waals surface area contributed by atoms with Gasteiger partial charge in [-0.3, -0.25) is 0 Å². The summed E-state index contributed by atoms with van der Waals surface area (Å²) in [6, 6.07) is 0. The van der Waals surface area contributed by atoms with Gasteiger partial charge in [0.1, 0.15) is 0 Å². The second kappa shape index (κ2) is 11.8. The molecule has 0 saturated carbocycles. The molecule has 0 aliphatic carbocycles. The molecule has 0 radical (unpaired) electrons. The van der Waals surface area contributed by atoms with Crippen LogP contribution in [0.3, 0.4) is 0 Å². The van der Waals surface area contributed by atoms with Crippen LogP contribution in [-0.4, -0.2) is 0 Å². The molecule has 11 heavy (non-hydrogen) atoms. The van der Waals surface area contributed by atoms with Crippen LogP contribution in [0.15, 0.2) is 42.2 Å². The third kappa shape index (κ3) is 12.2. The van der Waals surface area contributed by atoms with Crippen LogP contribution in [0, 0.1) is 0 Å². The van der Waals surface area contributed by atoms with Gasteiger partial charge in [0.25, 0.3) is 0 Å². The Morgan fingerprint density at radius 1 is 1.36 bits per heavy atom. The van der Waals surface area contributed by atoms with Gasteiger partial charge in [-0.2, -0.15) is 0 Å². The highest BCUT2D eigenvalue weighted by Gasteiger charge is 1.70. The normalized spacial score (nSPS) is 8.55. The van der Waals surface area contributed by atoms with Gasteiger partial charge < -0.3 is 0 Å². The molecule has 0 aliphatic rings. The molecule has 0 rings (SSSR count). The van der Waals surface area contributed by atoms with Crippen molar-refractivity contribution in [3.8, 4) is 0 Å².